The molecule has 1 unspecified atom stereocenters. The summed E-state index contributed by atoms with van der Waals surface area (Å²) < 4.78 is 0. The molecule has 0 saturated heterocycles. The lowest BCUT2D eigenvalue weighted by Crippen LogP contribution is -2.39. The highest BCUT2D eigenvalue weighted by molar-refractivity contribution is 5.89. The average molecular weight is 262 g/mol. The minimum atomic E-state index is -0.429. The van der Waals surface area contributed by atoms with Crippen LogP contribution in [0.4, 0.5) is 10.5 Å². The number of nitrogens with one attached hydrogen (secondary N) is 2. The summed E-state index contributed by atoms with van der Waals surface area (Å²) in [4.78, 5) is 11.7. The van der Waals surface area contributed by atoms with E-state index in [0.717, 1.165) is 18.5 Å². The van der Waals surface area contributed by atoms with Gasteiger partial charge in [0.05, 0.1) is 6.10 Å². The van der Waals surface area contributed by atoms with Gasteiger partial charge in [0.1, 0.15) is 0 Å². The Labute approximate surface area is 114 Å². The molecule has 1 fully saturated rings. The van der Waals surface area contributed by atoms with Crippen molar-refractivity contribution in [2.24, 2.45) is 5.92 Å². The number of aliphatic hydroxyl groups is 1. The Morgan fingerprint density at radius 3 is 2.58 bits per heavy atom. The van der Waals surface area contributed by atoms with E-state index in [1.165, 1.54) is 19.3 Å². The fraction of sp³-hybridized carbons (Fsp3) is 0.533. The predicted molar refractivity (Wildman–Crippen MR) is 76.0 cm³/mol. The van der Waals surface area contributed by atoms with Gasteiger partial charge in [-0.25, -0.2) is 4.79 Å². The Morgan fingerprint density at radius 1 is 1.21 bits per heavy atom. The molecular formula is C15H22N2O2. The molecule has 2 rings (SSSR count). The molecule has 1 aliphatic rings. The van der Waals surface area contributed by atoms with E-state index in [4.69, 9.17) is 0 Å². The van der Waals surface area contributed by atoms with Crippen LogP contribution in [-0.2, 0) is 0 Å². The van der Waals surface area contributed by atoms with Crippen molar-refractivity contribution in [3.05, 3.63) is 30.3 Å². The number of amides is 2. The van der Waals surface area contributed by atoms with Crippen molar-refractivity contribution in [3.63, 3.8) is 0 Å². The maximum Gasteiger partial charge on any atom is 0.319 e. The van der Waals surface area contributed by atoms with Gasteiger partial charge in [0.2, 0.25) is 0 Å². The third-order valence-corrected chi connectivity index (χ3v) is 3.70. The van der Waals surface area contributed by atoms with E-state index in [1.54, 1.807) is 0 Å². The Morgan fingerprint density at radius 2 is 1.89 bits per heavy atom. The Balaban J connectivity index is 1.71. The van der Waals surface area contributed by atoms with E-state index in [0.29, 0.717) is 12.5 Å². The SMILES string of the molecule is O=C(NCC(O)C1CCCCC1)Nc1ccccc1. The quantitative estimate of drug-likeness (QED) is 0.781. The number of benzene rings is 1. The third kappa shape index (κ3) is 4.56. The highest BCUT2D eigenvalue weighted by atomic mass is 16.3. The van der Waals surface area contributed by atoms with Crippen molar-refractivity contribution in [2.45, 2.75) is 38.2 Å². The number of anilines is 1. The van der Waals surface area contributed by atoms with E-state index in [2.05, 4.69) is 10.6 Å². The van der Waals surface area contributed by atoms with Gasteiger partial charge in [-0.15, -0.1) is 0 Å². The first-order valence-electron chi connectivity index (χ1n) is 7.03. The number of carbonyl (C=O) groups excluding carboxylic acids is 1. The lowest BCUT2D eigenvalue weighted by atomic mass is 9.85. The number of para-hydroxylation sites is 1. The van der Waals surface area contributed by atoms with E-state index >= 15 is 0 Å². The van der Waals surface area contributed by atoms with Gasteiger partial charge in [-0.3, -0.25) is 0 Å². The van der Waals surface area contributed by atoms with Gasteiger partial charge in [-0.05, 0) is 30.9 Å². The number of hydrogen-bond donors (Lipinski definition) is 3. The lowest BCUT2D eigenvalue weighted by molar-refractivity contribution is 0.0863. The van der Waals surface area contributed by atoms with Crippen LogP contribution in [0.15, 0.2) is 30.3 Å². The number of hydrogen-bond acceptors (Lipinski definition) is 2. The molecule has 0 heterocycles. The van der Waals surface area contributed by atoms with E-state index < -0.39 is 6.10 Å². The molecule has 1 atom stereocenters. The first-order chi connectivity index (χ1) is 9.25. The lowest BCUT2D eigenvalue weighted by Gasteiger charge is -2.26. The summed E-state index contributed by atoms with van der Waals surface area (Å²) in [6.45, 7) is 0.323. The summed E-state index contributed by atoms with van der Waals surface area (Å²) in [7, 11) is 0. The van der Waals surface area contributed by atoms with Crippen molar-refractivity contribution >= 4 is 11.7 Å². The average Bonchev–Trinajstić information content (AvgIpc) is 2.47. The summed E-state index contributed by atoms with van der Waals surface area (Å²) in [6, 6.07) is 9.03. The third-order valence-electron chi connectivity index (χ3n) is 3.70. The molecule has 0 aliphatic heterocycles. The van der Waals surface area contributed by atoms with Gasteiger partial charge in [-0.1, -0.05) is 37.5 Å². The van der Waals surface area contributed by atoms with Gasteiger partial charge in [0, 0.05) is 12.2 Å². The highest BCUT2D eigenvalue weighted by Crippen LogP contribution is 2.26. The Hall–Kier alpha value is -1.55. The second-order valence-corrected chi connectivity index (χ2v) is 5.17. The van der Waals surface area contributed by atoms with Gasteiger partial charge < -0.3 is 15.7 Å². The standard InChI is InChI=1S/C15H22N2O2/c18-14(12-7-3-1-4-8-12)11-16-15(19)17-13-9-5-2-6-10-13/h2,5-6,9-10,12,14,18H,1,3-4,7-8,11H2,(H2,16,17,19). The molecule has 2 amide bonds. The van der Waals surface area contributed by atoms with Crippen LogP contribution in [-0.4, -0.2) is 23.8 Å². The molecule has 1 saturated carbocycles. The normalized spacial score (nSPS) is 17.7. The Kier molecular flexibility index (Phi) is 5.21. The molecule has 0 aromatic heterocycles. The Bertz CT molecular complexity index is 388. The molecule has 1 aromatic carbocycles. The first-order valence-corrected chi connectivity index (χ1v) is 7.03. The summed E-state index contributed by atoms with van der Waals surface area (Å²) in [6.07, 6.45) is 5.37. The summed E-state index contributed by atoms with van der Waals surface area (Å²) in [5.74, 6) is 0.339. The molecule has 104 valence electrons. The second-order valence-electron chi connectivity index (χ2n) is 5.17. The van der Waals surface area contributed by atoms with Crippen molar-refractivity contribution in [1.82, 2.24) is 5.32 Å². The monoisotopic (exact) mass is 262 g/mol. The van der Waals surface area contributed by atoms with E-state index in [-0.39, 0.29) is 6.03 Å². The maximum absolute atomic E-state index is 11.7. The molecule has 0 spiro atoms. The van der Waals surface area contributed by atoms with E-state index in [1.807, 2.05) is 30.3 Å². The largest absolute Gasteiger partial charge is 0.391 e. The number of rotatable bonds is 4. The molecule has 4 heteroatoms. The van der Waals surface area contributed by atoms with Crippen LogP contribution in [0.5, 0.6) is 0 Å². The van der Waals surface area contributed by atoms with Crippen LogP contribution in [0.3, 0.4) is 0 Å². The van der Waals surface area contributed by atoms with Crippen molar-refractivity contribution in [2.75, 3.05) is 11.9 Å². The van der Waals surface area contributed by atoms with Crippen LogP contribution in [0.25, 0.3) is 0 Å². The first kappa shape index (κ1) is 13.9. The van der Waals surface area contributed by atoms with Crippen molar-refractivity contribution < 1.29 is 9.90 Å². The fourth-order valence-electron chi connectivity index (χ4n) is 2.58. The minimum absolute atomic E-state index is 0.263. The molecule has 0 radical (unpaired) electrons. The van der Waals surface area contributed by atoms with Crippen molar-refractivity contribution in [3.8, 4) is 0 Å². The molecule has 19 heavy (non-hydrogen) atoms. The fourth-order valence-corrected chi connectivity index (χ4v) is 2.58. The van der Waals surface area contributed by atoms with Crippen LogP contribution in [0.1, 0.15) is 32.1 Å². The van der Waals surface area contributed by atoms with Crippen LogP contribution in [0.2, 0.25) is 0 Å². The smallest absolute Gasteiger partial charge is 0.319 e. The zero-order chi connectivity index (χ0) is 13.5. The topological polar surface area (TPSA) is 61.4 Å². The second kappa shape index (κ2) is 7.14. The molecule has 1 aromatic rings. The molecule has 0 bridgehead atoms. The van der Waals surface area contributed by atoms with Crippen LogP contribution in [0, 0.1) is 5.92 Å². The van der Waals surface area contributed by atoms with Gasteiger partial charge in [0.15, 0.2) is 0 Å². The molecule has 1 aliphatic carbocycles. The van der Waals surface area contributed by atoms with Crippen molar-refractivity contribution in [1.29, 1.82) is 0 Å². The zero-order valence-corrected chi connectivity index (χ0v) is 11.1. The zero-order valence-electron chi connectivity index (χ0n) is 11.1. The van der Waals surface area contributed by atoms with E-state index in [9.17, 15) is 9.90 Å². The van der Waals surface area contributed by atoms with Gasteiger partial charge in [0.25, 0.3) is 0 Å². The number of urea groups is 1. The highest BCUT2D eigenvalue weighted by Gasteiger charge is 2.21. The predicted octanol–water partition coefficient (Wildman–Crippen LogP) is 2.75. The van der Waals surface area contributed by atoms with Crippen LogP contribution < -0.4 is 10.6 Å². The summed E-state index contributed by atoms with van der Waals surface area (Å²) in [5.41, 5.74) is 0.757. The molecule has 4 nitrogen and oxygen atoms in total. The number of carbonyl (C=O) groups is 1. The summed E-state index contributed by atoms with van der Waals surface area (Å²) in [5, 5.41) is 15.5. The molecular weight excluding hydrogens is 240 g/mol. The van der Waals surface area contributed by atoms with Crippen LogP contribution >= 0.6 is 0 Å². The van der Waals surface area contributed by atoms with Gasteiger partial charge >= 0.3 is 6.03 Å². The maximum atomic E-state index is 11.7. The van der Waals surface area contributed by atoms with Gasteiger partial charge in [-0.2, -0.15) is 0 Å². The minimum Gasteiger partial charge on any atom is -0.391 e. The molecule has 3 N–H and O–H groups in total. The summed E-state index contributed by atoms with van der Waals surface area (Å²) >= 11 is 0. The number of aliphatic hydroxyl groups excluding tert-OH is 1.